The van der Waals surface area contributed by atoms with Gasteiger partial charge in [0, 0.05) is 11.8 Å². The fourth-order valence-electron chi connectivity index (χ4n) is 3.10. The molecule has 0 unspecified atom stereocenters. The molecule has 7 heteroatoms. The van der Waals surface area contributed by atoms with Gasteiger partial charge in [-0.1, -0.05) is 48.5 Å². The minimum absolute atomic E-state index is 0.0822. The first-order chi connectivity index (χ1) is 15.6. The Bertz CT molecular complexity index is 1220. The molecule has 1 heterocycles. The van der Waals surface area contributed by atoms with Gasteiger partial charge in [0.1, 0.15) is 17.2 Å². The molecule has 0 radical (unpaired) electrons. The van der Waals surface area contributed by atoms with Gasteiger partial charge in [-0.15, -0.1) is 11.3 Å². The van der Waals surface area contributed by atoms with E-state index in [0.717, 1.165) is 22.6 Å². The van der Waals surface area contributed by atoms with Crippen molar-refractivity contribution in [3.05, 3.63) is 106 Å². The third-order valence-corrected chi connectivity index (χ3v) is 5.55. The van der Waals surface area contributed by atoms with Crippen molar-refractivity contribution in [3.63, 3.8) is 0 Å². The van der Waals surface area contributed by atoms with E-state index in [1.807, 2.05) is 60.7 Å². The summed E-state index contributed by atoms with van der Waals surface area (Å²) in [7, 11) is 0. The summed E-state index contributed by atoms with van der Waals surface area (Å²) in [4.78, 5) is 24.5. The van der Waals surface area contributed by atoms with Crippen molar-refractivity contribution in [1.82, 2.24) is 0 Å². The van der Waals surface area contributed by atoms with E-state index in [1.165, 1.54) is 0 Å². The summed E-state index contributed by atoms with van der Waals surface area (Å²) in [5.41, 5.74) is 3.02. The second kappa shape index (κ2) is 9.80. The molecule has 1 amide bonds. The minimum Gasteiger partial charge on any atom is -0.489 e. The van der Waals surface area contributed by atoms with E-state index in [9.17, 15) is 14.7 Å². The Balaban J connectivity index is 1.60. The molecule has 0 spiro atoms. The molecule has 0 saturated carbocycles. The summed E-state index contributed by atoms with van der Waals surface area (Å²) in [5.74, 6) is -0.896. The summed E-state index contributed by atoms with van der Waals surface area (Å²) in [6.45, 7) is 0.397. The SMILES string of the molecule is O=C(Nc1ccsc1C(=O)O)c1ccc(OCc2ccccc2)cc1Nc1ccccc1. The first-order valence-electron chi connectivity index (χ1n) is 9.85. The number of carboxylic acid groups (broad SMARTS) is 1. The van der Waals surface area contributed by atoms with Crippen LogP contribution in [0.15, 0.2) is 90.3 Å². The Kier molecular flexibility index (Phi) is 6.48. The summed E-state index contributed by atoms with van der Waals surface area (Å²) < 4.78 is 5.91. The van der Waals surface area contributed by atoms with Crippen LogP contribution >= 0.6 is 11.3 Å². The highest BCUT2D eigenvalue weighted by atomic mass is 32.1. The lowest BCUT2D eigenvalue weighted by molar-refractivity contribution is 0.0703. The Morgan fingerprint density at radius 2 is 1.59 bits per heavy atom. The summed E-state index contributed by atoms with van der Waals surface area (Å²) in [5, 5.41) is 16.9. The van der Waals surface area contributed by atoms with Crippen LogP contribution < -0.4 is 15.4 Å². The molecule has 160 valence electrons. The van der Waals surface area contributed by atoms with Crippen LogP contribution in [0.1, 0.15) is 25.6 Å². The van der Waals surface area contributed by atoms with E-state index in [2.05, 4.69) is 10.6 Å². The topological polar surface area (TPSA) is 87.7 Å². The number of ether oxygens (including phenoxy) is 1. The number of hydrogen-bond acceptors (Lipinski definition) is 5. The van der Waals surface area contributed by atoms with E-state index >= 15 is 0 Å². The van der Waals surface area contributed by atoms with Gasteiger partial charge in [-0.3, -0.25) is 4.79 Å². The lowest BCUT2D eigenvalue weighted by atomic mass is 10.1. The maximum absolute atomic E-state index is 13.0. The number of carbonyl (C=O) groups excluding carboxylic acids is 1. The van der Waals surface area contributed by atoms with E-state index in [4.69, 9.17) is 4.74 Å². The molecule has 32 heavy (non-hydrogen) atoms. The molecule has 3 N–H and O–H groups in total. The molecular formula is C25H20N2O4S. The fraction of sp³-hybridized carbons (Fsp3) is 0.0400. The van der Waals surface area contributed by atoms with Gasteiger partial charge in [-0.05, 0) is 41.3 Å². The monoisotopic (exact) mass is 444 g/mol. The quantitative estimate of drug-likeness (QED) is 0.309. The number of carboxylic acids is 1. The van der Waals surface area contributed by atoms with E-state index in [1.54, 1.807) is 29.6 Å². The first kappa shape index (κ1) is 21.1. The zero-order valence-corrected chi connectivity index (χ0v) is 17.8. The maximum atomic E-state index is 13.0. The van der Waals surface area contributed by atoms with Gasteiger partial charge in [0.15, 0.2) is 0 Å². The van der Waals surface area contributed by atoms with Crippen LogP contribution in [0.4, 0.5) is 17.1 Å². The smallest absolute Gasteiger partial charge is 0.348 e. The molecule has 6 nitrogen and oxygen atoms in total. The average molecular weight is 445 g/mol. The molecule has 0 fully saturated rings. The van der Waals surface area contributed by atoms with Crippen molar-refractivity contribution in [2.24, 2.45) is 0 Å². The van der Waals surface area contributed by atoms with Crippen molar-refractivity contribution >= 4 is 40.3 Å². The van der Waals surface area contributed by atoms with Crippen LogP contribution in [-0.2, 0) is 6.61 Å². The summed E-state index contributed by atoms with van der Waals surface area (Å²) in [6.07, 6.45) is 0. The number of nitrogens with one attached hydrogen (secondary N) is 2. The highest BCUT2D eigenvalue weighted by molar-refractivity contribution is 7.12. The van der Waals surface area contributed by atoms with Gasteiger partial charge in [0.25, 0.3) is 5.91 Å². The lowest BCUT2D eigenvalue weighted by Crippen LogP contribution is -2.15. The van der Waals surface area contributed by atoms with Crippen molar-refractivity contribution in [2.75, 3.05) is 10.6 Å². The van der Waals surface area contributed by atoms with Crippen molar-refractivity contribution < 1.29 is 19.4 Å². The molecule has 1 aromatic heterocycles. The highest BCUT2D eigenvalue weighted by Gasteiger charge is 2.18. The van der Waals surface area contributed by atoms with Crippen LogP contribution in [0.25, 0.3) is 0 Å². The van der Waals surface area contributed by atoms with Gasteiger partial charge in [-0.2, -0.15) is 0 Å². The second-order valence-electron chi connectivity index (χ2n) is 6.90. The Morgan fingerprint density at radius 3 is 2.31 bits per heavy atom. The standard InChI is InChI=1S/C25H20N2O4S/c28-24(27-21-13-14-32-23(21)25(29)30)20-12-11-19(31-16-17-7-3-1-4-8-17)15-22(20)26-18-9-5-2-6-10-18/h1-15,26H,16H2,(H,27,28)(H,29,30). The van der Waals surface area contributed by atoms with Gasteiger partial charge in [-0.25, -0.2) is 4.79 Å². The van der Waals surface area contributed by atoms with Crippen LogP contribution in [0.2, 0.25) is 0 Å². The average Bonchev–Trinajstić information content (AvgIpc) is 3.27. The summed E-state index contributed by atoms with van der Waals surface area (Å²) in [6, 6.07) is 26.0. The van der Waals surface area contributed by atoms with Crippen molar-refractivity contribution in [1.29, 1.82) is 0 Å². The number of hydrogen-bond donors (Lipinski definition) is 3. The van der Waals surface area contributed by atoms with Crippen LogP contribution in [0.3, 0.4) is 0 Å². The van der Waals surface area contributed by atoms with Crippen molar-refractivity contribution in [3.8, 4) is 5.75 Å². The zero-order valence-electron chi connectivity index (χ0n) is 16.9. The second-order valence-corrected chi connectivity index (χ2v) is 7.81. The number of amides is 1. The third kappa shape index (κ3) is 5.14. The minimum atomic E-state index is -1.08. The number of anilines is 3. The van der Waals surface area contributed by atoms with Crippen molar-refractivity contribution in [2.45, 2.75) is 6.61 Å². The molecular weight excluding hydrogens is 424 g/mol. The number of carbonyl (C=O) groups is 2. The van der Waals surface area contributed by atoms with E-state index in [0.29, 0.717) is 23.6 Å². The Labute approximate surface area is 189 Å². The molecule has 0 aliphatic heterocycles. The molecule has 0 atom stereocenters. The van der Waals surface area contributed by atoms with Crippen LogP contribution in [0, 0.1) is 0 Å². The van der Waals surface area contributed by atoms with Crippen LogP contribution in [-0.4, -0.2) is 17.0 Å². The van der Waals surface area contributed by atoms with E-state index < -0.39 is 11.9 Å². The number of para-hydroxylation sites is 1. The predicted molar refractivity (Wildman–Crippen MR) is 126 cm³/mol. The molecule has 0 bridgehead atoms. The Morgan fingerprint density at radius 1 is 0.875 bits per heavy atom. The molecule has 4 rings (SSSR count). The van der Waals surface area contributed by atoms with Crippen LogP contribution in [0.5, 0.6) is 5.75 Å². The number of thiophene rings is 1. The predicted octanol–water partition coefficient (Wildman–Crippen LogP) is 6.02. The molecule has 0 aliphatic rings. The van der Waals surface area contributed by atoms with E-state index in [-0.39, 0.29) is 10.6 Å². The maximum Gasteiger partial charge on any atom is 0.348 e. The van der Waals surface area contributed by atoms with Gasteiger partial charge >= 0.3 is 5.97 Å². The van der Waals surface area contributed by atoms with Gasteiger partial charge in [0.05, 0.1) is 16.9 Å². The summed E-state index contributed by atoms with van der Waals surface area (Å²) >= 11 is 1.06. The largest absolute Gasteiger partial charge is 0.489 e. The molecule has 4 aromatic rings. The van der Waals surface area contributed by atoms with Gasteiger partial charge < -0.3 is 20.5 Å². The zero-order chi connectivity index (χ0) is 22.3. The lowest BCUT2D eigenvalue weighted by Gasteiger charge is -2.15. The molecule has 3 aromatic carbocycles. The molecule has 0 saturated heterocycles. The van der Waals surface area contributed by atoms with Gasteiger partial charge in [0.2, 0.25) is 0 Å². The fourth-order valence-corrected chi connectivity index (χ4v) is 3.78. The normalized spacial score (nSPS) is 10.4. The third-order valence-electron chi connectivity index (χ3n) is 4.64. The highest BCUT2D eigenvalue weighted by Crippen LogP contribution is 2.29. The number of rotatable bonds is 8. The first-order valence-corrected chi connectivity index (χ1v) is 10.7. The Hall–Kier alpha value is -4.10. The number of aromatic carboxylic acids is 1. The molecule has 0 aliphatic carbocycles. The number of benzene rings is 3.